The highest BCUT2D eigenvalue weighted by atomic mass is 16.7. The van der Waals surface area contributed by atoms with Crippen LogP contribution in [0.15, 0.2) is 0 Å². The van der Waals surface area contributed by atoms with E-state index in [2.05, 4.69) is 20.8 Å². The molecule has 0 aromatic rings. The number of Topliss-reactive ketones (excluding diaryl/α,β-unsaturated/α-hetero) is 2. The molecule has 6 fully saturated rings. The van der Waals surface area contributed by atoms with Crippen LogP contribution in [0.2, 0.25) is 0 Å². The molecule has 2 saturated heterocycles. The van der Waals surface area contributed by atoms with Crippen molar-refractivity contribution in [2.75, 3.05) is 6.61 Å². The van der Waals surface area contributed by atoms with E-state index in [9.17, 15) is 9.59 Å². The summed E-state index contributed by atoms with van der Waals surface area (Å²) in [5.41, 5.74) is -1.21. The Labute approximate surface area is 166 Å². The Morgan fingerprint density at radius 1 is 1.04 bits per heavy atom. The van der Waals surface area contributed by atoms with Crippen LogP contribution in [0.5, 0.6) is 0 Å². The van der Waals surface area contributed by atoms with Gasteiger partial charge >= 0.3 is 0 Å². The zero-order chi connectivity index (χ0) is 19.9. The highest BCUT2D eigenvalue weighted by Gasteiger charge is 2.83. The van der Waals surface area contributed by atoms with E-state index in [0.29, 0.717) is 18.8 Å². The monoisotopic (exact) mass is 388 g/mol. The Bertz CT molecular complexity index is 786. The molecule has 2 heterocycles. The Balaban J connectivity index is 1.62. The molecule has 2 aliphatic heterocycles. The molecule has 2 bridgehead atoms. The second kappa shape index (κ2) is 4.92. The normalized spacial score (nSPS) is 57.7. The first kappa shape index (κ1) is 18.0. The number of carbonyl (C=O) groups excluding carboxylic acids is 2. The van der Waals surface area contributed by atoms with Gasteiger partial charge in [0, 0.05) is 18.3 Å². The van der Waals surface area contributed by atoms with Gasteiger partial charge in [-0.3, -0.25) is 9.59 Å². The van der Waals surface area contributed by atoms with Gasteiger partial charge in [-0.2, -0.15) is 0 Å². The highest BCUT2D eigenvalue weighted by molar-refractivity contribution is 5.95. The fourth-order valence-corrected chi connectivity index (χ4v) is 8.76. The molecule has 0 aromatic heterocycles. The Kier molecular flexibility index (Phi) is 3.17. The molecule has 2 spiro atoms. The second-order valence-electron chi connectivity index (χ2n) is 11.6. The van der Waals surface area contributed by atoms with Crippen molar-refractivity contribution in [3.63, 3.8) is 0 Å². The topological polar surface area (TPSA) is 61.8 Å². The molecular weight excluding hydrogens is 356 g/mol. The molecule has 5 nitrogen and oxygen atoms in total. The third-order valence-corrected chi connectivity index (χ3v) is 9.72. The minimum absolute atomic E-state index is 0.0216. The maximum atomic E-state index is 13.9. The molecule has 154 valence electrons. The molecule has 0 amide bonds. The van der Waals surface area contributed by atoms with Gasteiger partial charge in [-0.05, 0) is 50.4 Å². The number of ketones is 2. The summed E-state index contributed by atoms with van der Waals surface area (Å²) in [6.07, 6.45) is 2.75. The van der Waals surface area contributed by atoms with Crippen LogP contribution in [-0.2, 0) is 23.8 Å². The summed E-state index contributed by atoms with van der Waals surface area (Å²) < 4.78 is 19.5. The minimum atomic E-state index is -0.710. The van der Waals surface area contributed by atoms with Crippen molar-refractivity contribution in [3.05, 3.63) is 0 Å². The predicted molar refractivity (Wildman–Crippen MR) is 100 cm³/mol. The number of rotatable bonds is 0. The lowest BCUT2D eigenvalue weighted by Gasteiger charge is -2.66. The molecule has 6 rings (SSSR count). The van der Waals surface area contributed by atoms with Crippen molar-refractivity contribution in [1.29, 1.82) is 0 Å². The minimum Gasteiger partial charge on any atom is -0.377 e. The van der Waals surface area contributed by atoms with E-state index >= 15 is 0 Å². The predicted octanol–water partition coefficient (Wildman–Crippen LogP) is 3.14. The van der Waals surface area contributed by atoms with Crippen LogP contribution < -0.4 is 0 Å². The molecule has 0 N–H and O–H groups in total. The van der Waals surface area contributed by atoms with Gasteiger partial charge in [-0.1, -0.05) is 20.8 Å². The zero-order valence-electron chi connectivity index (χ0n) is 17.6. The first-order chi connectivity index (χ1) is 13.1. The van der Waals surface area contributed by atoms with Crippen LogP contribution in [0.1, 0.15) is 60.3 Å². The Hall–Kier alpha value is -0.780. The quantitative estimate of drug-likeness (QED) is 0.638. The maximum Gasteiger partial charge on any atom is 0.163 e. The van der Waals surface area contributed by atoms with Gasteiger partial charge < -0.3 is 14.2 Å². The zero-order valence-corrected chi connectivity index (χ0v) is 17.6. The van der Waals surface area contributed by atoms with E-state index in [-0.39, 0.29) is 53.2 Å². The van der Waals surface area contributed by atoms with Gasteiger partial charge in [0.2, 0.25) is 0 Å². The summed E-state index contributed by atoms with van der Waals surface area (Å²) in [6, 6.07) is 0. The maximum absolute atomic E-state index is 13.9. The summed E-state index contributed by atoms with van der Waals surface area (Å²) in [5, 5.41) is 0. The van der Waals surface area contributed by atoms with Crippen molar-refractivity contribution in [2.45, 2.75) is 84.4 Å². The van der Waals surface area contributed by atoms with Gasteiger partial charge in [0.25, 0.3) is 0 Å². The summed E-state index contributed by atoms with van der Waals surface area (Å²) in [5.74, 6) is 0.113. The van der Waals surface area contributed by atoms with Crippen LogP contribution in [-0.4, -0.2) is 42.3 Å². The van der Waals surface area contributed by atoms with Gasteiger partial charge in [-0.25, -0.2) is 0 Å². The molecule has 9 atom stereocenters. The third kappa shape index (κ3) is 1.70. The summed E-state index contributed by atoms with van der Waals surface area (Å²) in [6.45, 7) is 11.1. The van der Waals surface area contributed by atoms with Gasteiger partial charge in [-0.15, -0.1) is 0 Å². The van der Waals surface area contributed by atoms with Crippen molar-refractivity contribution >= 4 is 11.6 Å². The molecule has 5 heteroatoms. The van der Waals surface area contributed by atoms with E-state index in [1.807, 2.05) is 13.8 Å². The molecule has 0 aromatic carbocycles. The van der Waals surface area contributed by atoms with Crippen molar-refractivity contribution in [3.8, 4) is 0 Å². The summed E-state index contributed by atoms with van der Waals surface area (Å²) >= 11 is 0. The molecule has 0 unspecified atom stereocenters. The van der Waals surface area contributed by atoms with E-state index in [1.165, 1.54) is 0 Å². The fraction of sp³-hybridized carbons (Fsp3) is 0.913. The van der Waals surface area contributed by atoms with E-state index in [0.717, 1.165) is 19.3 Å². The largest absolute Gasteiger partial charge is 0.377 e. The van der Waals surface area contributed by atoms with Crippen LogP contribution in [0.3, 0.4) is 0 Å². The van der Waals surface area contributed by atoms with Crippen molar-refractivity contribution < 1.29 is 23.8 Å². The average molecular weight is 389 g/mol. The second-order valence-corrected chi connectivity index (χ2v) is 11.6. The Morgan fingerprint density at radius 2 is 1.79 bits per heavy atom. The SMILES string of the molecule is C[C@H]1C(=O)[C@]23[C@@H]4OC(C)(C)O[C@@H]2C[C@@H]2C(C)(C)CCC(=O)[C@]25CO[C@H](C[C@H]41)[C@@H]53. The lowest BCUT2D eigenvalue weighted by molar-refractivity contribution is -0.376. The Morgan fingerprint density at radius 3 is 2.54 bits per heavy atom. The van der Waals surface area contributed by atoms with Gasteiger partial charge in [0.15, 0.2) is 5.79 Å². The van der Waals surface area contributed by atoms with E-state index in [4.69, 9.17) is 14.2 Å². The molecule has 4 aliphatic carbocycles. The molecule has 6 aliphatic rings. The molecule has 4 saturated carbocycles. The number of hydrogen-bond donors (Lipinski definition) is 0. The van der Waals surface area contributed by atoms with Crippen LogP contribution in [0.4, 0.5) is 0 Å². The highest BCUT2D eigenvalue weighted by Crippen LogP contribution is 2.75. The van der Waals surface area contributed by atoms with E-state index in [1.54, 1.807) is 0 Å². The fourth-order valence-electron chi connectivity index (χ4n) is 8.76. The standard InChI is InChI=1S/C23H32O5/c1-11-12-8-13-17-22(10-26-13)14(20(2,3)7-6-15(22)24)9-16-23(17,18(11)25)19(12)28-21(4,5)27-16/h11-14,16-17,19H,6-10H2,1-5H3/t11-,12+,13-,14-,16-,17+,19-,22+,23+/m1/s1. The van der Waals surface area contributed by atoms with Crippen molar-refractivity contribution in [2.24, 2.45) is 39.9 Å². The summed E-state index contributed by atoms with van der Waals surface area (Å²) in [4.78, 5) is 27.5. The first-order valence-electron chi connectivity index (χ1n) is 11.1. The van der Waals surface area contributed by atoms with Crippen LogP contribution >= 0.6 is 0 Å². The number of hydrogen-bond acceptors (Lipinski definition) is 5. The lowest BCUT2D eigenvalue weighted by atomic mass is 9.39. The third-order valence-electron chi connectivity index (χ3n) is 9.72. The van der Waals surface area contributed by atoms with Crippen LogP contribution in [0, 0.1) is 39.9 Å². The van der Waals surface area contributed by atoms with Gasteiger partial charge in [0.1, 0.15) is 11.6 Å². The first-order valence-corrected chi connectivity index (χ1v) is 11.1. The number of ether oxygens (including phenoxy) is 3. The van der Waals surface area contributed by atoms with Crippen LogP contribution in [0.25, 0.3) is 0 Å². The molecule has 28 heavy (non-hydrogen) atoms. The van der Waals surface area contributed by atoms with Gasteiger partial charge in [0.05, 0.1) is 35.7 Å². The number of carbonyl (C=O) groups is 2. The molecule has 0 radical (unpaired) electrons. The lowest BCUT2D eigenvalue weighted by Crippen LogP contribution is -2.74. The summed E-state index contributed by atoms with van der Waals surface area (Å²) in [7, 11) is 0. The van der Waals surface area contributed by atoms with Crippen molar-refractivity contribution in [1.82, 2.24) is 0 Å². The van der Waals surface area contributed by atoms with E-state index < -0.39 is 16.6 Å². The smallest absolute Gasteiger partial charge is 0.163 e. The average Bonchev–Trinajstić information content (AvgIpc) is 3.06. The molecular formula is C23H32O5.